The number of methoxy groups -OCH3 is 1. The number of aromatic nitrogens is 1. The van der Waals surface area contributed by atoms with E-state index in [2.05, 4.69) is 9.72 Å². The van der Waals surface area contributed by atoms with Crippen LogP contribution in [0.15, 0.2) is 42.7 Å². The van der Waals surface area contributed by atoms with Crippen LogP contribution in [0.3, 0.4) is 0 Å². The number of carbonyl (C=O) groups excluding carboxylic acids is 1. The SMILES string of the molecule is COC(=O)c1ccncc1/C=C/c1ccc(C(F)(F)F)cc1. The Bertz CT molecular complexity index is 691. The number of nitrogens with zero attached hydrogens (tertiary/aromatic N) is 1. The van der Waals surface area contributed by atoms with Crippen LogP contribution in [-0.2, 0) is 10.9 Å². The lowest BCUT2D eigenvalue weighted by atomic mass is 10.1. The number of hydrogen-bond acceptors (Lipinski definition) is 3. The molecule has 114 valence electrons. The molecule has 0 saturated heterocycles. The lowest BCUT2D eigenvalue weighted by Crippen LogP contribution is -2.04. The van der Waals surface area contributed by atoms with Crippen molar-refractivity contribution in [3.8, 4) is 0 Å². The number of hydrogen-bond donors (Lipinski definition) is 0. The van der Waals surface area contributed by atoms with E-state index in [0.29, 0.717) is 16.7 Å². The lowest BCUT2D eigenvalue weighted by molar-refractivity contribution is -0.137. The molecule has 0 atom stereocenters. The zero-order valence-corrected chi connectivity index (χ0v) is 11.6. The van der Waals surface area contributed by atoms with E-state index in [-0.39, 0.29) is 0 Å². The number of ether oxygens (including phenoxy) is 1. The molecule has 2 rings (SSSR count). The molecular formula is C16H12F3NO2. The summed E-state index contributed by atoms with van der Waals surface area (Å²) in [6, 6.07) is 6.23. The standard InChI is InChI=1S/C16H12F3NO2/c1-22-15(21)14-8-9-20-10-12(14)5-2-11-3-6-13(7-4-11)16(17,18)19/h2-10H,1H3/b5-2+. The van der Waals surface area contributed by atoms with Crippen molar-refractivity contribution < 1.29 is 22.7 Å². The van der Waals surface area contributed by atoms with E-state index in [1.807, 2.05) is 0 Å². The van der Waals surface area contributed by atoms with Crippen molar-refractivity contribution in [1.29, 1.82) is 0 Å². The van der Waals surface area contributed by atoms with Gasteiger partial charge in [0.2, 0.25) is 0 Å². The van der Waals surface area contributed by atoms with Gasteiger partial charge in [0, 0.05) is 18.0 Å². The highest BCUT2D eigenvalue weighted by molar-refractivity contribution is 5.94. The van der Waals surface area contributed by atoms with Crippen LogP contribution in [-0.4, -0.2) is 18.1 Å². The van der Waals surface area contributed by atoms with E-state index < -0.39 is 17.7 Å². The van der Waals surface area contributed by atoms with Gasteiger partial charge in [-0.3, -0.25) is 4.98 Å². The van der Waals surface area contributed by atoms with Gasteiger partial charge in [0.1, 0.15) is 0 Å². The molecule has 2 aromatic rings. The Labute approximate surface area is 125 Å². The highest BCUT2D eigenvalue weighted by Crippen LogP contribution is 2.29. The Morgan fingerprint density at radius 2 is 1.82 bits per heavy atom. The van der Waals surface area contributed by atoms with E-state index in [4.69, 9.17) is 0 Å². The van der Waals surface area contributed by atoms with Crippen LogP contribution < -0.4 is 0 Å². The molecule has 3 nitrogen and oxygen atoms in total. The molecule has 0 spiro atoms. The Balaban J connectivity index is 2.24. The van der Waals surface area contributed by atoms with Gasteiger partial charge in [0.15, 0.2) is 0 Å². The summed E-state index contributed by atoms with van der Waals surface area (Å²) in [6.45, 7) is 0. The van der Waals surface area contributed by atoms with Crippen molar-refractivity contribution in [1.82, 2.24) is 4.98 Å². The second-order valence-corrected chi connectivity index (χ2v) is 4.41. The summed E-state index contributed by atoms with van der Waals surface area (Å²) in [7, 11) is 1.27. The summed E-state index contributed by atoms with van der Waals surface area (Å²) in [5.74, 6) is -0.505. The van der Waals surface area contributed by atoms with E-state index in [0.717, 1.165) is 12.1 Å². The normalized spacial score (nSPS) is 11.6. The summed E-state index contributed by atoms with van der Waals surface area (Å²) in [5.41, 5.74) is 0.726. The van der Waals surface area contributed by atoms with Gasteiger partial charge in [-0.25, -0.2) is 4.79 Å². The fourth-order valence-electron chi connectivity index (χ4n) is 1.80. The van der Waals surface area contributed by atoms with E-state index in [1.165, 1.54) is 37.7 Å². The maximum absolute atomic E-state index is 12.5. The van der Waals surface area contributed by atoms with Gasteiger partial charge in [-0.1, -0.05) is 24.3 Å². The average molecular weight is 307 g/mol. The van der Waals surface area contributed by atoms with Crippen molar-refractivity contribution in [2.75, 3.05) is 7.11 Å². The van der Waals surface area contributed by atoms with Crippen molar-refractivity contribution in [2.45, 2.75) is 6.18 Å². The quantitative estimate of drug-likeness (QED) is 0.803. The van der Waals surface area contributed by atoms with Gasteiger partial charge < -0.3 is 4.74 Å². The fourth-order valence-corrected chi connectivity index (χ4v) is 1.80. The van der Waals surface area contributed by atoms with Crippen LogP contribution in [0.2, 0.25) is 0 Å². The summed E-state index contributed by atoms with van der Waals surface area (Å²) in [6.07, 6.45) is 1.78. The number of esters is 1. The van der Waals surface area contributed by atoms with Crippen LogP contribution in [0.5, 0.6) is 0 Å². The largest absolute Gasteiger partial charge is 0.465 e. The number of alkyl halides is 3. The average Bonchev–Trinajstić information content (AvgIpc) is 2.52. The number of rotatable bonds is 3. The molecule has 1 aromatic heterocycles. The Morgan fingerprint density at radius 3 is 2.41 bits per heavy atom. The molecule has 1 aromatic carbocycles. The third-order valence-electron chi connectivity index (χ3n) is 2.95. The van der Waals surface area contributed by atoms with Crippen molar-refractivity contribution in [3.63, 3.8) is 0 Å². The second kappa shape index (κ2) is 6.43. The van der Waals surface area contributed by atoms with Crippen molar-refractivity contribution >= 4 is 18.1 Å². The van der Waals surface area contributed by atoms with Crippen LogP contribution >= 0.6 is 0 Å². The summed E-state index contributed by atoms with van der Waals surface area (Å²) < 4.78 is 42.1. The molecule has 6 heteroatoms. The minimum Gasteiger partial charge on any atom is -0.465 e. The summed E-state index contributed by atoms with van der Waals surface area (Å²) >= 11 is 0. The molecular weight excluding hydrogens is 295 g/mol. The highest BCUT2D eigenvalue weighted by atomic mass is 19.4. The Morgan fingerprint density at radius 1 is 1.14 bits per heavy atom. The van der Waals surface area contributed by atoms with Gasteiger partial charge in [-0.2, -0.15) is 13.2 Å². The molecule has 0 aliphatic carbocycles. The summed E-state index contributed by atoms with van der Waals surface area (Å²) in [5, 5.41) is 0. The van der Waals surface area contributed by atoms with Crippen LogP contribution in [0, 0.1) is 0 Å². The number of halogens is 3. The lowest BCUT2D eigenvalue weighted by Gasteiger charge is -2.06. The second-order valence-electron chi connectivity index (χ2n) is 4.41. The zero-order chi connectivity index (χ0) is 16.2. The third-order valence-corrected chi connectivity index (χ3v) is 2.95. The maximum atomic E-state index is 12.5. The molecule has 0 unspecified atom stereocenters. The first-order valence-electron chi connectivity index (χ1n) is 6.29. The predicted molar refractivity (Wildman–Crippen MR) is 75.9 cm³/mol. The minimum atomic E-state index is -4.36. The van der Waals surface area contributed by atoms with Crippen molar-refractivity contribution in [2.24, 2.45) is 0 Å². The molecule has 0 N–H and O–H groups in total. The van der Waals surface area contributed by atoms with Crippen LogP contribution in [0.4, 0.5) is 13.2 Å². The molecule has 0 amide bonds. The molecule has 0 aliphatic heterocycles. The molecule has 0 radical (unpaired) electrons. The first kappa shape index (κ1) is 15.8. The zero-order valence-electron chi connectivity index (χ0n) is 11.6. The van der Waals surface area contributed by atoms with Crippen LogP contribution in [0.1, 0.15) is 27.0 Å². The molecule has 0 fully saturated rings. The topological polar surface area (TPSA) is 39.2 Å². The van der Waals surface area contributed by atoms with Gasteiger partial charge >= 0.3 is 12.1 Å². The number of benzene rings is 1. The Kier molecular flexibility index (Phi) is 4.60. The van der Waals surface area contributed by atoms with E-state index in [1.54, 1.807) is 12.2 Å². The monoisotopic (exact) mass is 307 g/mol. The third kappa shape index (κ3) is 3.72. The molecule has 0 saturated carbocycles. The van der Waals surface area contributed by atoms with Gasteiger partial charge in [-0.05, 0) is 23.8 Å². The highest BCUT2D eigenvalue weighted by Gasteiger charge is 2.29. The minimum absolute atomic E-state index is 0.334. The Hall–Kier alpha value is -2.63. The number of pyridine rings is 1. The predicted octanol–water partition coefficient (Wildman–Crippen LogP) is 4.06. The van der Waals surface area contributed by atoms with Crippen LogP contribution in [0.25, 0.3) is 12.2 Å². The van der Waals surface area contributed by atoms with E-state index >= 15 is 0 Å². The van der Waals surface area contributed by atoms with Crippen molar-refractivity contribution in [3.05, 3.63) is 65.0 Å². The van der Waals surface area contributed by atoms with Gasteiger partial charge in [0.05, 0.1) is 18.2 Å². The summed E-state index contributed by atoms with van der Waals surface area (Å²) in [4.78, 5) is 15.5. The molecule has 0 bridgehead atoms. The number of carbonyl (C=O) groups is 1. The smallest absolute Gasteiger partial charge is 0.416 e. The van der Waals surface area contributed by atoms with Gasteiger partial charge in [0.25, 0.3) is 0 Å². The first-order chi connectivity index (χ1) is 10.4. The first-order valence-corrected chi connectivity index (χ1v) is 6.29. The molecule has 0 aliphatic rings. The molecule has 1 heterocycles. The maximum Gasteiger partial charge on any atom is 0.416 e. The van der Waals surface area contributed by atoms with E-state index in [9.17, 15) is 18.0 Å². The van der Waals surface area contributed by atoms with Gasteiger partial charge in [-0.15, -0.1) is 0 Å². The fraction of sp³-hybridized carbons (Fsp3) is 0.125. The molecule has 22 heavy (non-hydrogen) atoms.